The van der Waals surface area contributed by atoms with Gasteiger partial charge in [0.25, 0.3) is 0 Å². The van der Waals surface area contributed by atoms with Gasteiger partial charge in [-0.2, -0.15) is 0 Å². The van der Waals surface area contributed by atoms with E-state index >= 15 is 0 Å². The normalized spacial score (nSPS) is 34.1. The van der Waals surface area contributed by atoms with Crippen molar-refractivity contribution >= 4 is 5.82 Å². The maximum Gasteiger partial charge on any atom is 0.183 e. The number of aliphatic hydroxyl groups excluding tert-OH is 3. The summed E-state index contributed by atoms with van der Waals surface area (Å²) in [5, 5.41) is 34.9. The van der Waals surface area contributed by atoms with Gasteiger partial charge in [0.05, 0.1) is 13.0 Å². The van der Waals surface area contributed by atoms with Crippen LogP contribution in [0.2, 0.25) is 0 Å². The molecule has 3 rings (SSSR count). The number of imidazole rings is 1. The van der Waals surface area contributed by atoms with Crippen molar-refractivity contribution in [2.24, 2.45) is 0 Å². The van der Waals surface area contributed by atoms with Crippen LogP contribution < -0.4 is 10.6 Å². The second-order valence-electron chi connectivity index (χ2n) is 4.49. The van der Waals surface area contributed by atoms with E-state index in [1.807, 2.05) is 0 Å². The van der Waals surface area contributed by atoms with Crippen molar-refractivity contribution < 1.29 is 25.5 Å². The first-order valence-corrected chi connectivity index (χ1v) is 5.88. The van der Waals surface area contributed by atoms with Crippen molar-refractivity contribution in [2.75, 3.05) is 18.5 Å². The molecule has 4 atom stereocenters. The summed E-state index contributed by atoms with van der Waals surface area (Å²) in [6, 6.07) is 0. The lowest BCUT2D eigenvalue weighted by atomic mass is 10.2. The Morgan fingerprint density at radius 1 is 1.37 bits per heavy atom. The largest absolute Gasteiger partial charge is 0.412 e. The third-order valence-electron chi connectivity index (χ3n) is 3.24. The summed E-state index contributed by atoms with van der Waals surface area (Å²) in [7, 11) is 0. The molecule has 0 bridgehead atoms. The van der Waals surface area contributed by atoms with Gasteiger partial charge in [0, 0.05) is 13.0 Å². The van der Waals surface area contributed by atoms with E-state index in [1.54, 1.807) is 10.9 Å². The molecule has 0 aliphatic carbocycles. The van der Waals surface area contributed by atoms with Crippen LogP contribution in [0.5, 0.6) is 0 Å². The van der Waals surface area contributed by atoms with Crippen molar-refractivity contribution in [3.05, 3.63) is 12.0 Å². The topological polar surface area (TPSA) is 143 Å². The molecule has 1 aromatic rings. The maximum absolute atomic E-state index is 9.88. The van der Waals surface area contributed by atoms with Gasteiger partial charge in [-0.3, -0.25) is 9.88 Å². The Kier molecular flexibility index (Phi) is 4.04. The Balaban J connectivity index is 0.00000133. The molecule has 0 saturated carbocycles. The van der Waals surface area contributed by atoms with E-state index in [1.165, 1.54) is 0 Å². The van der Waals surface area contributed by atoms with Gasteiger partial charge in [-0.15, -0.1) is 0 Å². The van der Waals surface area contributed by atoms with Gasteiger partial charge in [-0.05, 0) is 0 Å². The van der Waals surface area contributed by atoms with Crippen molar-refractivity contribution in [3.63, 3.8) is 0 Å². The molecule has 0 amide bonds. The molecule has 9 nitrogen and oxygen atoms in total. The van der Waals surface area contributed by atoms with Gasteiger partial charge < -0.3 is 30.8 Å². The molecule has 108 valence electrons. The predicted molar refractivity (Wildman–Crippen MR) is 64.0 cm³/mol. The maximum atomic E-state index is 9.88. The highest BCUT2D eigenvalue weighted by molar-refractivity contribution is 5.44. The summed E-state index contributed by atoms with van der Waals surface area (Å²) in [5.41, 5.74) is 0.541. The van der Waals surface area contributed by atoms with Crippen molar-refractivity contribution in [2.45, 2.75) is 31.1 Å². The fourth-order valence-electron chi connectivity index (χ4n) is 2.28. The number of hydrogen-bond acceptors (Lipinski definition) is 7. The quantitative estimate of drug-likeness (QED) is 0.386. The minimum atomic E-state index is -1.18. The highest BCUT2D eigenvalue weighted by Crippen LogP contribution is 2.33. The van der Waals surface area contributed by atoms with Crippen LogP contribution in [0.1, 0.15) is 24.4 Å². The summed E-state index contributed by atoms with van der Waals surface area (Å²) in [5.74, 6) is 0.652. The fourth-order valence-corrected chi connectivity index (χ4v) is 2.28. The molecule has 1 fully saturated rings. The van der Waals surface area contributed by atoms with Crippen LogP contribution in [-0.2, 0) is 4.74 Å². The lowest BCUT2D eigenvalue weighted by Crippen LogP contribution is -2.24. The number of aromatic nitrogens is 2. The molecule has 2 aliphatic heterocycles. The van der Waals surface area contributed by atoms with Crippen LogP contribution in [-0.4, -0.2) is 56.0 Å². The third-order valence-corrected chi connectivity index (χ3v) is 3.24. The molecule has 3 unspecified atom stereocenters. The van der Waals surface area contributed by atoms with Gasteiger partial charge in [-0.1, -0.05) is 0 Å². The zero-order valence-corrected chi connectivity index (χ0v) is 10.2. The monoisotopic (exact) mass is 274 g/mol. The number of nitrogens with zero attached hydrogens (tertiary/aromatic N) is 2. The van der Waals surface area contributed by atoms with Crippen molar-refractivity contribution in [1.82, 2.24) is 14.9 Å². The minimum absolute atomic E-state index is 0. The average molecular weight is 274 g/mol. The number of fused-ring (bicyclic) bond motifs is 1. The second-order valence-corrected chi connectivity index (χ2v) is 4.49. The molecular weight excluding hydrogens is 256 g/mol. The van der Waals surface area contributed by atoms with Crippen LogP contribution in [0.15, 0.2) is 6.33 Å². The zero-order valence-electron chi connectivity index (χ0n) is 10.2. The first kappa shape index (κ1) is 14.2. The van der Waals surface area contributed by atoms with Crippen molar-refractivity contribution in [3.8, 4) is 0 Å². The molecule has 7 N–H and O–H groups in total. The molecule has 0 spiro atoms. The van der Waals surface area contributed by atoms with Crippen LogP contribution >= 0.6 is 0 Å². The standard InChI is InChI=1S/C10H16N4O4.H2O/c15-5-1-7(18-10(5)17)14-4-13-8-6(16)2-11-3-12-9(8)14;/h4-7,10-12,15-17H,1-3H2;1H2/t5?,6-,7?,10?;/m1./s1. The highest BCUT2D eigenvalue weighted by atomic mass is 16.6. The minimum Gasteiger partial charge on any atom is -0.412 e. The summed E-state index contributed by atoms with van der Waals surface area (Å²) in [6.07, 6.45) is -1.42. The lowest BCUT2D eigenvalue weighted by molar-refractivity contribution is -0.141. The van der Waals surface area contributed by atoms with Gasteiger partial charge in [-0.25, -0.2) is 4.98 Å². The van der Waals surface area contributed by atoms with E-state index < -0.39 is 24.7 Å². The van der Waals surface area contributed by atoms with E-state index in [0.29, 0.717) is 24.7 Å². The Bertz CT molecular complexity index is 430. The van der Waals surface area contributed by atoms with Gasteiger partial charge in [0.2, 0.25) is 0 Å². The number of nitrogens with one attached hydrogen (secondary N) is 2. The van der Waals surface area contributed by atoms with Crippen LogP contribution in [0, 0.1) is 0 Å². The molecule has 19 heavy (non-hydrogen) atoms. The van der Waals surface area contributed by atoms with E-state index in [0.717, 1.165) is 0 Å². The van der Waals surface area contributed by atoms with E-state index in [2.05, 4.69) is 15.6 Å². The fraction of sp³-hybridized carbons (Fsp3) is 0.700. The van der Waals surface area contributed by atoms with Gasteiger partial charge in [0.1, 0.15) is 29.9 Å². The number of aliphatic hydroxyl groups is 3. The Morgan fingerprint density at radius 2 is 2.16 bits per heavy atom. The van der Waals surface area contributed by atoms with E-state index in [-0.39, 0.29) is 11.9 Å². The molecule has 0 aromatic carbocycles. The van der Waals surface area contributed by atoms with E-state index in [4.69, 9.17) is 4.74 Å². The highest BCUT2D eigenvalue weighted by Gasteiger charge is 2.35. The summed E-state index contributed by atoms with van der Waals surface area (Å²) >= 11 is 0. The number of rotatable bonds is 1. The molecule has 2 aliphatic rings. The van der Waals surface area contributed by atoms with Gasteiger partial charge in [0.15, 0.2) is 6.29 Å². The molecule has 3 heterocycles. The first-order chi connectivity index (χ1) is 8.66. The Labute approximate surface area is 109 Å². The summed E-state index contributed by atoms with van der Waals surface area (Å²) in [6.45, 7) is 0.932. The number of anilines is 1. The zero-order chi connectivity index (χ0) is 12.7. The van der Waals surface area contributed by atoms with Crippen LogP contribution in [0.4, 0.5) is 5.82 Å². The van der Waals surface area contributed by atoms with Crippen LogP contribution in [0.25, 0.3) is 0 Å². The van der Waals surface area contributed by atoms with E-state index in [9.17, 15) is 15.3 Å². The number of β-amino-alcohol motifs (C(OH)–C–C–N with tert-alkyl or cyclic N) is 1. The molecule has 1 aromatic heterocycles. The first-order valence-electron chi connectivity index (χ1n) is 5.88. The Hall–Kier alpha value is -1.23. The number of hydrogen-bond donors (Lipinski definition) is 5. The van der Waals surface area contributed by atoms with Crippen LogP contribution in [0.3, 0.4) is 0 Å². The molecule has 9 heteroatoms. The lowest BCUT2D eigenvalue weighted by Gasteiger charge is -2.16. The number of ether oxygens (including phenoxy) is 1. The molecule has 1 saturated heterocycles. The molecular formula is C10H18N4O5. The smallest absolute Gasteiger partial charge is 0.183 e. The third kappa shape index (κ3) is 2.43. The van der Waals surface area contributed by atoms with Gasteiger partial charge >= 0.3 is 0 Å². The Morgan fingerprint density at radius 3 is 2.84 bits per heavy atom. The molecule has 0 radical (unpaired) electrons. The second kappa shape index (κ2) is 5.41. The summed E-state index contributed by atoms with van der Waals surface area (Å²) in [4.78, 5) is 4.16. The summed E-state index contributed by atoms with van der Waals surface area (Å²) < 4.78 is 6.93. The SMILES string of the molecule is O.OC1CC(n2cnc3c2NCNC[C@H]3O)OC1O. The van der Waals surface area contributed by atoms with Crippen molar-refractivity contribution in [1.29, 1.82) is 0 Å². The predicted octanol–water partition coefficient (Wildman–Crippen LogP) is -2.34. The average Bonchev–Trinajstić information content (AvgIpc) is 2.84.